The van der Waals surface area contributed by atoms with E-state index in [2.05, 4.69) is 46.0 Å². The van der Waals surface area contributed by atoms with Gasteiger partial charge in [0, 0.05) is 48.4 Å². The molecule has 0 bridgehead atoms. The van der Waals surface area contributed by atoms with E-state index in [0.29, 0.717) is 5.25 Å². The molecule has 0 radical (unpaired) electrons. The van der Waals surface area contributed by atoms with E-state index in [1.165, 1.54) is 11.3 Å². The molecule has 152 valence electrons. The maximum absolute atomic E-state index is 5.89. The van der Waals surface area contributed by atoms with E-state index >= 15 is 0 Å². The summed E-state index contributed by atoms with van der Waals surface area (Å²) >= 11 is 1.86. The van der Waals surface area contributed by atoms with Gasteiger partial charge in [0.1, 0.15) is 11.8 Å². The van der Waals surface area contributed by atoms with E-state index in [0.717, 1.165) is 49.5 Å². The number of pyridine rings is 1. The fourth-order valence-electron chi connectivity index (χ4n) is 4.42. The lowest BCUT2D eigenvalue weighted by atomic mass is 9.95. The first-order chi connectivity index (χ1) is 14.2. The van der Waals surface area contributed by atoms with Gasteiger partial charge in [-0.1, -0.05) is 30.8 Å². The molecule has 1 aromatic heterocycles. The molecule has 0 aliphatic carbocycles. The summed E-state index contributed by atoms with van der Waals surface area (Å²) in [5.74, 6) is 0.918. The van der Waals surface area contributed by atoms with Crippen molar-refractivity contribution in [1.29, 1.82) is 0 Å². The minimum absolute atomic E-state index is 0.0191. The summed E-state index contributed by atoms with van der Waals surface area (Å²) in [5, 5.41) is 1.66. The van der Waals surface area contributed by atoms with Gasteiger partial charge < -0.3 is 19.3 Å². The first kappa shape index (κ1) is 18.8. The predicted octanol–water partition coefficient (Wildman–Crippen LogP) is 3.52. The van der Waals surface area contributed by atoms with Crippen molar-refractivity contribution in [3.05, 3.63) is 53.9 Å². The number of aliphatic imine (C=N–C) groups is 1. The van der Waals surface area contributed by atoms with Gasteiger partial charge in [-0.05, 0) is 18.2 Å². The summed E-state index contributed by atoms with van der Waals surface area (Å²) in [4.78, 5) is 14.5. The molecule has 2 aromatic rings. The Morgan fingerprint density at radius 2 is 2.03 bits per heavy atom. The zero-order valence-corrected chi connectivity index (χ0v) is 17.6. The Morgan fingerprint density at radius 1 is 1.17 bits per heavy atom. The molecule has 0 saturated carbocycles. The summed E-state index contributed by atoms with van der Waals surface area (Å²) in [7, 11) is 1.76. The molecule has 3 atom stereocenters. The fraction of sp³-hybridized carbons (Fsp3) is 0.455. The van der Waals surface area contributed by atoms with Crippen LogP contribution in [0.1, 0.15) is 30.3 Å². The van der Waals surface area contributed by atoms with Gasteiger partial charge in [0.2, 0.25) is 0 Å². The summed E-state index contributed by atoms with van der Waals surface area (Å²) in [6.45, 7) is 6.62. The molecule has 29 heavy (non-hydrogen) atoms. The summed E-state index contributed by atoms with van der Waals surface area (Å²) in [6.07, 6.45) is 1.85. The number of aromatic nitrogens is 1. The lowest BCUT2D eigenvalue weighted by Crippen LogP contribution is -2.36. The molecule has 3 aliphatic heterocycles. The van der Waals surface area contributed by atoms with Gasteiger partial charge in [0.25, 0.3) is 0 Å². The number of ether oxygens (including phenoxy) is 2. The van der Waals surface area contributed by atoms with E-state index < -0.39 is 0 Å². The number of thioether (sulfide) groups is 1. The molecule has 0 unspecified atom stereocenters. The van der Waals surface area contributed by atoms with Crippen LogP contribution in [-0.4, -0.2) is 60.3 Å². The molecule has 0 spiro atoms. The second-order valence-corrected chi connectivity index (χ2v) is 9.07. The monoisotopic (exact) mass is 410 g/mol. The highest BCUT2D eigenvalue weighted by molar-refractivity contribution is 8.14. The Labute approximate surface area is 175 Å². The third-order valence-corrected chi connectivity index (χ3v) is 6.90. The molecule has 0 N–H and O–H groups in total. The van der Waals surface area contributed by atoms with Gasteiger partial charge in [-0.2, -0.15) is 0 Å². The highest BCUT2D eigenvalue weighted by Gasteiger charge is 2.44. The second kappa shape index (κ2) is 7.88. The van der Waals surface area contributed by atoms with E-state index in [1.54, 1.807) is 7.11 Å². The topological polar surface area (TPSA) is 50.2 Å². The zero-order valence-electron chi connectivity index (χ0n) is 16.8. The third kappa shape index (κ3) is 3.46. The van der Waals surface area contributed by atoms with Crippen molar-refractivity contribution < 1.29 is 9.47 Å². The first-order valence-electron chi connectivity index (χ1n) is 10.2. The molecule has 4 heterocycles. The smallest absolute Gasteiger partial charge is 0.160 e. The Morgan fingerprint density at radius 3 is 2.79 bits per heavy atom. The molecule has 2 fully saturated rings. The lowest BCUT2D eigenvalue weighted by Gasteiger charge is -2.31. The van der Waals surface area contributed by atoms with Crippen molar-refractivity contribution in [2.24, 2.45) is 4.99 Å². The number of morpholine rings is 1. The quantitative estimate of drug-likeness (QED) is 0.769. The SMILES string of the molecule is COc1cc(N2CCOCC2)ccc1[C@H]1[C@@H](c2ccccn2)N=C2S[C@@H](C)CN21. The minimum Gasteiger partial charge on any atom is -0.496 e. The van der Waals surface area contributed by atoms with Crippen LogP contribution >= 0.6 is 11.8 Å². The van der Waals surface area contributed by atoms with Crippen LogP contribution in [0.15, 0.2) is 47.6 Å². The molecule has 0 amide bonds. The van der Waals surface area contributed by atoms with Crippen LogP contribution < -0.4 is 9.64 Å². The largest absolute Gasteiger partial charge is 0.496 e. The van der Waals surface area contributed by atoms with Gasteiger partial charge in [0.05, 0.1) is 32.1 Å². The number of amidine groups is 1. The van der Waals surface area contributed by atoms with E-state index in [9.17, 15) is 0 Å². The normalized spacial score (nSPS) is 26.4. The number of rotatable bonds is 4. The van der Waals surface area contributed by atoms with Crippen LogP contribution in [0.25, 0.3) is 0 Å². The number of anilines is 1. The number of hydrogen-bond acceptors (Lipinski definition) is 7. The van der Waals surface area contributed by atoms with Crippen LogP contribution in [0.4, 0.5) is 5.69 Å². The zero-order chi connectivity index (χ0) is 19.8. The third-order valence-electron chi connectivity index (χ3n) is 5.79. The summed E-state index contributed by atoms with van der Waals surface area (Å²) in [5.41, 5.74) is 3.37. The Kier molecular flexibility index (Phi) is 5.09. The van der Waals surface area contributed by atoms with Crippen LogP contribution in [0.5, 0.6) is 5.75 Å². The molecule has 1 aromatic carbocycles. The minimum atomic E-state index is -0.0191. The molecule has 5 rings (SSSR count). The van der Waals surface area contributed by atoms with Crippen LogP contribution in [-0.2, 0) is 4.74 Å². The molecular formula is C22H26N4O2S. The van der Waals surface area contributed by atoms with Crippen LogP contribution in [0, 0.1) is 0 Å². The molecule has 3 aliphatic rings. The second-order valence-electron chi connectivity index (χ2n) is 7.66. The van der Waals surface area contributed by atoms with Crippen LogP contribution in [0.3, 0.4) is 0 Å². The highest BCUT2D eigenvalue weighted by Crippen LogP contribution is 2.49. The van der Waals surface area contributed by atoms with Gasteiger partial charge in [-0.15, -0.1) is 0 Å². The first-order valence-corrected chi connectivity index (χ1v) is 11.0. The van der Waals surface area contributed by atoms with Gasteiger partial charge in [-0.3, -0.25) is 9.98 Å². The maximum Gasteiger partial charge on any atom is 0.160 e. The fourth-order valence-corrected chi connectivity index (χ4v) is 5.51. The van der Waals surface area contributed by atoms with Gasteiger partial charge >= 0.3 is 0 Å². The Bertz CT molecular complexity index is 901. The highest BCUT2D eigenvalue weighted by atomic mass is 32.2. The van der Waals surface area contributed by atoms with E-state index in [1.807, 2.05) is 30.1 Å². The molecule has 6 nitrogen and oxygen atoms in total. The van der Waals surface area contributed by atoms with Gasteiger partial charge in [-0.25, -0.2) is 0 Å². The average Bonchev–Trinajstić information content (AvgIpc) is 3.30. The standard InChI is InChI=1S/C22H26N4O2S/c1-15-14-26-21(20(24-22(26)29-15)18-5-3-4-8-23-18)17-7-6-16(13-19(17)27-2)25-9-11-28-12-10-25/h3-8,13,15,20-21H,9-12,14H2,1-2H3/t15-,20+,21-/m0/s1. The maximum atomic E-state index is 5.89. The lowest BCUT2D eigenvalue weighted by molar-refractivity contribution is 0.122. The number of nitrogens with zero attached hydrogens (tertiary/aromatic N) is 4. The predicted molar refractivity (Wildman–Crippen MR) is 117 cm³/mol. The number of benzene rings is 1. The van der Waals surface area contributed by atoms with Gasteiger partial charge in [0.15, 0.2) is 5.17 Å². The van der Waals surface area contributed by atoms with Crippen molar-refractivity contribution in [2.45, 2.75) is 24.3 Å². The number of hydrogen-bond donors (Lipinski definition) is 0. The Hall–Kier alpha value is -2.25. The molecule has 2 saturated heterocycles. The molecule has 7 heteroatoms. The molecular weight excluding hydrogens is 384 g/mol. The van der Waals surface area contributed by atoms with Crippen molar-refractivity contribution >= 4 is 22.6 Å². The van der Waals surface area contributed by atoms with Crippen LogP contribution in [0.2, 0.25) is 0 Å². The van der Waals surface area contributed by atoms with Crippen molar-refractivity contribution in [1.82, 2.24) is 9.88 Å². The van der Waals surface area contributed by atoms with Crippen molar-refractivity contribution in [3.8, 4) is 5.75 Å². The number of methoxy groups -OCH3 is 1. The van der Waals surface area contributed by atoms with E-state index in [4.69, 9.17) is 14.5 Å². The average molecular weight is 411 g/mol. The summed E-state index contributed by atoms with van der Waals surface area (Å²) < 4.78 is 11.4. The summed E-state index contributed by atoms with van der Waals surface area (Å²) in [6, 6.07) is 12.8. The van der Waals surface area contributed by atoms with Crippen molar-refractivity contribution in [3.63, 3.8) is 0 Å². The number of fused-ring (bicyclic) bond motifs is 1. The van der Waals surface area contributed by atoms with E-state index in [-0.39, 0.29) is 12.1 Å². The van der Waals surface area contributed by atoms with Crippen molar-refractivity contribution in [2.75, 3.05) is 44.9 Å². The Balaban J connectivity index is 1.53.